The monoisotopic (exact) mass is 383 g/mol. The van der Waals surface area contributed by atoms with E-state index in [0.29, 0.717) is 11.3 Å². The predicted molar refractivity (Wildman–Crippen MR) is 87.2 cm³/mol. The minimum absolute atomic E-state index is 0.261. The summed E-state index contributed by atoms with van der Waals surface area (Å²) in [6, 6.07) is 10.8. The molecule has 0 aliphatic rings. The molecule has 4 nitrogen and oxygen atoms in total. The maximum atomic E-state index is 12.0. The number of hydrogen-bond acceptors (Lipinski definition) is 3. The second-order valence-corrected chi connectivity index (χ2v) is 5.33. The van der Waals surface area contributed by atoms with E-state index in [1.54, 1.807) is 12.1 Å². The first kappa shape index (κ1) is 13.9. The third-order valence-electron chi connectivity index (χ3n) is 2.40. The van der Waals surface area contributed by atoms with Crippen LogP contribution in [0.5, 0.6) is 0 Å². The van der Waals surface area contributed by atoms with Crippen molar-refractivity contribution in [2.24, 2.45) is 5.73 Å². The highest BCUT2D eigenvalue weighted by atomic mass is 127. The Morgan fingerprint density at radius 2 is 2.00 bits per heavy atom. The topological polar surface area (TPSA) is 68.0 Å². The number of pyridine rings is 1. The van der Waals surface area contributed by atoms with Crippen molar-refractivity contribution >= 4 is 51.4 Å². The number of aromatic nitrogens is 1. The highest BCUT2D eigenvalue weighted by Gasteiger charge is 2.09. The average Bonchev–Trinajstić information content (AvgIpc) is 2.41. The molecule has 0 spiro atoms. The Balaban J connectivity index is 2.16. The molecule has 0 fully saturated rings. The molecule has 1 heterocycles. The van der Waals surface area contributed by atoms with Gasteiger partial charge in [0.2, 0.25) is 0 Å². The zero-order valence-electron chi connectivity index (χ0n) is 9.76. The van der Waals surface area contributed by atoms with Gasteiger partial charge in [0.15, 0.2) is 0 Å². The SMILES string of the molecule is NC(=S)c1ccc(C(=O)Nc2ccccc2I)nc1. The summed E-state index contributed by atoms with van der Waals surface area (Å²) in [5.74, 6) is -0.265. The first-order valence-corrected chi connectivity index (χ1v) is 6.88. The van der Waals surface area contributed by atoms with Gasteiger partial charge in [-0.1, -0.05) is 24.4 Å². The van der Waals surface area contributed by atoms with Gasteiger partial charge in [-0.25, -0.2) is 0 Å². The van der Waals surface area contributed by atoms with Crippen LogP contribution in [0.15, 0.2) is 42.6 Å². The van der Waals surface area contributed by atoms with Gasteiger partial charge in [0.25, 0.3) is 5.91 Å². The Kier molecular flexibility index (Phi) is 4.43. The van der Waals surface area contributed by atoms with Crippen molar-refractivity contribution in [1.82, 2.24) is 4.98 Å². The van der Waals surface area contributed by atoms with Gasteiger partial charge < -0.3 is 11.1 Å². The van der Waals surface area contributed by atoms with Crippen LogP contribution in [0.3, 0.4) is 0 Å². The summed E-state index contributed by atoms with van der Waals surface area (Å²) < 4.78 is 0.966. The van der Waals surface area contributed by atoms with E-state index in [4.69, 9.17) is 18.0 Å². The fourth-order valence-electron chi connectivity index (χ4n) is 1.42. The van der Waals surface area contributed by atoms with Crippen LogP contribution in [0.1, 0.15) is 16.1 Å². The number of hydrogen-bond donors (Lipinski definition) is 2. The van der Waals surface area contributed by atoms with E-state index in [2.05, 4.69) is 32.9 Å². The lowest BCUT2D eigenvalue weighted by Crippen LogP contribution is -2.16. The third kappa shape index (κ3) is 3.48. The third-order valence-corrected chi connectivity index (χ3v) is 3.58. The van der Waals surface area contributed by atoms with Crippen LogP contribution in [0.25, 0.3) is 0 Å². The van der Waals surface area contributed by atoms with Crippen LogP contribution >= 0.6 is 34.8 Å². The summed E-state index contributed by atoms with van der Waals surface area (Å²) >= 11 is 6.99. The molecule has 1 amide bonds. The summed E-state index contributed by atoms with van der Waals surface area (Å²) in [5.41, 5.74) is 7.19. The van der Waals surface area contributed by atoms with Crippen molar-refractivity contribution in [1.29, 1.82) is 0 Å². The standard InChI is InChI=1S/C13H10IN3OS/c14-9-3-1-2-4-10(9)17-13(18)11-6-5-8(7-16-11)12(15)19/h1-7H,(H2,15,19)(H,17,18). The zero-order chi connectivity index (χ0) is 13.8. The van der Waals surface area contributed by atoms with Gasteiger partial charge in [-0.15, -0.1) is 0 Å². The Morgan fingerprint density at radius 3 is 2.58 bits per heavy atom. The summed E-state index contributed by atoms with van der Waals surface area (Å²) in [5, 5.41) is 2.80. The van der Waals surface area contributed by atoms with Crippen molar-refractivity contribution in [3.63, 3.8) is 0 Å². The van der Waals surface area contributed by atoms with Crippen molar-refractivity contribution in [3.05, 3.63) is 57.4 Å². The molecule has 96 valence electrons. The molecular formula is C13H10IN3OS. The number of nitrogens with one attached hydrogen (secondary N) is 1. The Labute approximate surface area is 129 Å². The molecule has 19 heavy (non-hydrogen) atoms. The van der Waals surface area contributed by atoms with Crippen molar-refractivity contribution < 1.29 is 4.79 Å². The summed E-state index contributed by atoms with van der Waals surface area (Å²) in [6.45, 7) is 0. The fraction of sp³-hybridized carbons (Fsp3) is 0. The van der Waals surface area contributed by atoms with Crippen molar-refractivity contribution in [2.75, 3.05) is 5.32 Å². The molecule has 0 atom stereocenters. The molecule has 2 aromatic rings. The first-order valence-electron chi connectivity index (χ1n) is 5.39. The van der Waals surface area contributed by atoms with E-state index in [-0.39, 0.29) is 10.9 Å². The van der Waals surface area contributed by atoms with Crippen molar-refractivity contribution in [3.8, 4) is 0 Å². The number of halogens is 1. The maximum absolute atomic E-state index is 12.0. The zero-order valence-corrected chi connectivity index (χ0v) is 12.7. The lowest BCUT2D eigenvalue weighted by molar-refractivity contribution is 0.102. The van der Waals surface area contributed by atoms with Crippen LogP contribution in [0.4, 0.5) is 5.69 Å². The van der Waals surface area contributed by atoms with E-state index >= 15 is 0 Å². The predicted octanol–water partition coefficient (Wildman–Crippen LogP) is 2.57. The van der Waals surface area contributed by atoms with Gasteiger partial charge in [0.1, 0.15) is 10.7 Å². The number of amides is 1. The molecule has 0 radical (unpaired) electrons. The average molecular weight is 383 g/mol. The fourth-order valence-corrected chi connectivity index (χ4v) is 2.07. The lowest BCUT2D eigenvalue weighted by atomic mass is 10.2. The Bertz CT molecular complexity index is 628. The number of para-hydroxylation sites is 1. The quantitative estimate of drug-likeness (QED) is 0.632. The number of carbonyl (C=O) groups excluding carboxylic acids is 1. The van der Waals surface area contributed by atoms with Gasteiger partial charge >= 0.3 is 0 Å². The van der Waals surface area contributed by atoms with Crippen LogP contribution in [-0.4, -0.2) is 15.9 Å². The Morgan fingerprint density at radius 1 is 1.26 bits per heavy atom. The molecule has 0 saturated carbocycles. The molecule has 6 heteroatoms. The van der Waals surface area contributed by atoms with Gasteiger partial charge in [-0.2, -0.15) is 0 Å². The largest absolute Gasteiger partial charge is 0.389 e. The summed E-state index contributed by atoms with van der Waals surface area (Å²) in [4.78, 5) is 16.3. The van der Waals surface area contributed by atoms with Crippen LogP contribution in [0, 0.1) is 3.57 Å². The normalized spacial score (nSPS) is 9.95. The lowest BCUT2D eigenvalue weighted by Gasteiger charge is -2.07. The minimum atomic E-state index is -0.265. The van der Waals surface area contributed by atoms with Gasteiger partial charge in [0, 0.05) is 15.3 Å². The number of rotatable bonds is 3. The second kappa shape index (κ2) is 6.07. The van der Waals surface area contributed by atoms with E-state index < -0.39 is 0 Å². The molecule has 0 aliphatic carbocycles. The molecule has 2 rings (SSSR count). The van der Waals surface area contributed by atoms with Crippen LogP contribution in [-0.2, 0) is 0 Å². The highest BCUT2D eigenvalue weighted by molar-refractivity contribution is 14.1. The smallest absolute Gasteiger partial charge is 0.274 e. The number of carbonyl (C=O) groups is 1. The molecule has 3 N–H and O–H groups in total. The van der Waals surface area contributed by atoms with Gasteiger partial charge in [-0.05, 0) is 46.9 Å². The number of nitrogens with zero attached hydrogens (tertiary/aromatic N) is 1. The van der Waals surface area contributed by atoms with Gasteiger partial charge in [-0.3, -0.25) is 9.78 Å². The number of thiocarbonyl (C=S) groups is 1. The first-order chi connectivity index (χ1) is 9.08. The Hall–Kier alpha value is -1.54. The van der Waals surface area contributed by atoms with Gasteiger partial charge in [0.05, 0.1) is 5.69 Å². The van der Waals surface area contributed by atoms with E-state index in [1.165, 1.54) is 6.20 Å². The van der Waals surface area contributed by atoms with Crippen LogP contribution in [0.2, 0.25) is 0 Å². The number of nitrogens with two attached hydrogens (primary N) is 1. The van der Waals surface area contributed by atoms with E-state index in [0.717, 1.165) is 9.26 Å². The summed E-state index contributed by atoms with van der Waals surface area (Å²) in [7, 11) is 0. The molecule has 1 aromatic heterocycles. The molecule has 0 unspecified atom stereocenters. The van der Waals surface area contributed by atoms with Crippen LogP contribution < -0.4 is 11.1 Å². The molecule has 0 saturated heterocycles. The minimum Gasteiger partial charge on any atom is -0.389 e. The second-order valence-electron chi connectivity index (χ2n) is 3.73. The molecular weight excluding hydrogens is 373 g/mol. The molecule has 0 bridgehead atoms. The molecule has 1 aromatic carbocycles. The van der Waals surface area contributed by atoms with E-state index in [9.17, 15) is 4.79 Å². The molecule has 0 aliphatic heterocycles. The number of benzene rings is 1. The number of anilines is 1. The summed E-state index contributed by atoms with van der Waals surface area (Å²) in [6.07, 6.45) is 1.49. The highest BCUT2D eigenvalue weighted by Crippen LogP contribution is 2.17. The van der Waals surface area contributed by atoms with E-state index in [1.807, 2.05) is 24.3 Å². The van der Waals surface area contributed by atoms with Crippen molar-refractivity contribution in [2.45, 2.75) is 0 Å². The maximum Gasteiger partial charge on any atom is 0.274 e.